The maximum Gasteiger partial charge on any atom is 0.397 e. The van der Waals surface area contributed by atoms with Crippen molar-refractivity contribution in [1.82, 2.24) is 9.80 Å². The van der Waals surface area contributed by atoms with Crippen molar-refractivity contribution in [3.05, 3.63) is 0 Å². The molecule has 1 heterocycles. The normalized spacial score (nSPS) is 16.6. The van der Waals surface area contributed by atoms with Gasteiger partial charge in [0.2, 0.25) is 0 Å². The van der Waals surface area contributed by atoms with Gasteiger partial charge in [0.1, 0.15) is 0 Å². The van der Waals surface area contributed by atoms with Crippen LogP contribution in [0.1, 0.15) is 207 Å². The van der Waals surface area contributed by atoms with Crippen molar-refractivity contribution in [2.45, 2.75) is 219 Å². The maximum atomic E-state index is 9.33. The SMILES string of the molecule is CCCCCCCCCCCCCCCC(CC)N1CCN(C)C1CCCCCCCCCCCCCCC.COS(=O)(=O)O. The number of hydrogen-bond donors (Lipinski definition) is 1. The second kappa shape index (κ2) is 32.3. The summed E-state index contributed by atoms with van der Waals surface area (Å²) in [4.78, 5) is 5.56. The van der Waals surface area contributed by atoms with Gasteiger partial charge in [-0.1, -0.05) is 188 Å². The van der Waals surface area contributed by atoms with Gasteiger partial charge in [-0.2, -0.15) is 8.42 Å². The number of nitrogens with zero attached hydrogens (tertiary/aromatic N) is 2. The summed E-state index contributed by atoms with van der Waals surface area (Å²) in [6, 6.07) is 0.814. The monoisotopic (exact) mass is 661 g/mol. The highest BCUT2D eigenvalue weighted by Crippen LogP contribution is 2.26. The van der Waals surface area contributed by atoms with Gasteiger partial charge in [-0.15, -0.1) is 0 Å². The van der Waals surface area contributed by atoms with E-state index in [0.29, 0.717) is 6.17 Å². The van der Waals surface area contributed by atoms with Gasteiger partial charge in [-0.05, 0) is 26.3 Å². The molecule has 272 valence electrons. The van der Waals surface area contributed by atoms with Crippen LogP contribution in [0.4, 0.5) is 0 Å². The highest BCUT2D eigenvalue weighted by Gasteiger charge is 2.32. The summed E-state index contributed by atoms with van der Waals surface area (Å²) in [5.74, 6) is 0. The average molecular weight is 661 g/mol. The maximum absolute atomic E-state index is 9.33. The van der Waals surface area contributed by atoms with Crippen molar-refractivity contribution < 1.29 is 17.2 Å². The second-order valence-corrected chi connectivity index (χ2v) is 15.1. The van der Waals surface area contributed by atoms with E-state index >= 15 is 0 Å². The molecule has 0 aromatic heterocycles. The molecule has 2 atom stereocenters. The van der Waals surface area contributed by atoms with Crippen LogP contribution in [0.5, 0.6) is 0 Å². The first-order valence-electron chi connectivity index (χ1n) is 19.8. The number of rotatable bonds is 31. The van der Waals surface area contributed by atoms with Crippen LogP contribution in [0.2, 0.25) is 0 Å². The fraction of sp³-hybridized carbons (Fsp3) is 1.00. The molecular weight excluding hydrogens is 580 g/mol. The number of unbranched alkanes of at least 4 members (excludes halogenated alkanes) is 24. The van der Waals surface area contributed by atoms with Gasteiger partial charge < -0.3 is 0 Å². The molecule has 6 nitrogen and oxygen atoms in total. The molecule has 1 fully saturated rings. The van der Waals surface area contributed by atoms with Gasteiger partial charge in [0, 0.05) is 19.1 Å². The summed E-state index contributed by atoms with van der Waals surface area (Å²) in [5.41, 5.74) is 0. The molecule has 2 unspecified atom stereocenters. The van der Waals surface area contributed by atoms with E-state index in [1.807, 2.05) is 0 Å². The van der Waals surface area contributed by atoms with Crippen molar-refractivity contribution in [2.75, 3.05) is 27.2 Å². The van der Waals surface area contributed by atoms with Crippen LogP contribution in [0.15, 0.2) is 0 Å². The summed E-state index contributed by atoms with van der Waals surface area (Å²) < 4.78 is 29.7. The van der Waals surface area contributed by atoms with Gasteiger partial charge in [0.15, 0.2) is 0 Å². The molecule has 1 aliphatic rings. The van der Waals surface area contributed by atoms with Crippen LogP contribution in [0.3, 0.4) is 0 Å². The first kappa shape index (κ1) is 44.8. The quantitative estimate of drug-likeness (QED) is 0.0589. The van der Waals surface area contributed by atoms with Crippen molar-refractivity contribution in [1.29, 1.82) is 0 Å². The standard InChI is InChI=1S/C37H76N2.CH4O4S/c1-5-8-10-12-14-16-18-20-22-24-26-28-30-32-36(7-3)39-35-34-38(4)37(39)33-31-29-27-25-23-21-19-17-15-13-11-9-6-2;1-5-6(2,3)4/h36-37H,5-35H2,1-4H3;1H3,(H,2,3,4). The van der Waals surface area contributed by atoms with Gasteiger partial charge in [-0.25, -0.2) is 0 Å². The van der Waals surface area contributed by atoms with E-state index in [0.717, 1.165) is 13.2 Å². The molecular formula is C38H80N2O4S. The molecule has 0 bridgehead atoms. The molecule has 1 rings (SSSR count). The zero-order valence-electron chi connectivity index (χ0n) is 31.0. The van der Waals surface area contributed by atoms with Gasteiger partial charge in [0.05, 0.1) is 13.3 Å². The highest BCUT2D eigenvalue weighted by atomic mass is 32.3. The van der Waals surface area contributed by atoms with E-state index in [-0.39, 0.29) is 0 Å². The first-order chi connectivity index (χ1) is 21.8. The summed E-state index contributed by atoms with van der Waals surface area (Å²) in [6.07, 6.45) is 42.8. The molecule has 0 aromatic carbocycles. The third kappa shape index (κ3) is 28.5. The lowest BCUT2D eigenvalue weighted by atomic mass is 10.0. The molecule has 0 amide bonds. The minimum atomic E-state index is -4.16. The molecule has 0 saturated carbocycles. The zero-order valence-corrected chi connectivity index (χ0v) is 31.9. The van der Waals surface area contributed by atoms with Crippen molar-refractivity contribution >= 4 is 10.4 Å². The molecule has 0 radical (unpaired) electrons. The van der Waals surface area contributed by atoms with E-state index in [1.165, 1.54) is 199 Å². The molecule has 45 heavy (non-hydrogen) atoms. The predicted octanol–water partition coefficient (Wildman–Crippen LogP) is 11.7. The van der Waals surface area contributed by atoms with Crippen LogP contribution in [0, 0.1) is 0 Å². The Kier molecular flexibility index (Phi) is 32.2. The Hall–Kier alpha value is -0.210. The molecule has 0 aromatic rings. The Balaban J connectivity index is 0.00000292. The Morgan fingerprint density at radius 3 is 1.27 bits per heavy atom. The summed E-state index contributed by atoms with van der Waals surface area (Å²) in [5, 5.41) is 0. The highest BCUT2D eigenvalue weighted by molar-refractivity contribution is 7.80. The third-order valence-corrected chi connectivity index (χ3v) is 10.4. The minimum absolute atomic E-state index is 0.713. The minimum Gasteiger partial charge on any atom is -0.290 e. The summed E-state index contributed by atoms with van der Waals surface area (Å²) >= 11 is 0. The smallest absolute Gasteiger partial charge is 0.290 e. The van der Waals surface area contributed by atoms with E-state index in [2.05, 4.69) is 41.8 Å². The van der Waals surface area contributed by atoms with E-state index in [9.17, 15) is 8.42 Å². The molecule has 0 aliphatic carbocycles. The van der Waals surface area contributed by atoms with Crippen LogP contribution in [-0.4, -0.2) is 62.2 Å². The summed E-state index contributed by atoms with van der Waals surface area (Å²) in [7, 11) is -0.912. The topological polar surface area (TPSA) is 70.1 Å². The van der Waals surface area contributed by atoms with Crippen molar-refractivity contribution in [3.63, 3.8) is 0 Å². The molecule has 7 heteroatoms. The lowest BCUT2D eigenvalue weighted by molar-refractivity contribution is 0.0939. The zero-order chi connectivity index (χ0) is 33.4. The lowest BCUT2D eigenvalue weighted by Gasteiger charge is -2.34. The Morgan fingerprint density at radius 2 is 0.933 bits per heavy atom. The molecule has 1 aliphatic heterocycles. The fourth-order valence-corrected chi connectivity index (χ4v) is 6.98. The number of likely N-dealkylation sites (N-methyl/N-ethyl adjacent to an activating group) is 1. The van der Waals surface area contributed by atoms with Crippen LogP contribution < -0.4 is 0 Å². The predicted molar refractivity (Wildman–Crippen MR) is 196 cm³/mol. The number of hydrogen-bond acceptors (Lipinski definition) is 5. The first-order valence-corrected chi connectivity index (χ1v) is 21.2. The Labute approximate surface area is 283 Å². The lowest BCUT2D eigenvalue weighted by Crippen LogP contribution is -2.43. The fourth-order valence-electron chi connectivity index (χ4n) is 6.98. The van der Waals surface area contributed by atoms with Gasteiger partial charge >= 0.3 is 10.4 Å². The van der Waals surface area contributed by atoms with Crippen molar-refractivity contribution in [3.8, 4) is 0 Å². The summed E-state index contributed by atoms with van der Waals surface area (Å²) in [6.45, 7) is 9.64. The van der Waals surface area contributed by atoms with E-state index in [4.69, 9.17) is 4.55 Å². The molecule has 0 spiro atoms. The van der Waals surface area contributed by atoms with Gasteiger partial charge in [0.25, 0.3) is 0 Å². The largest absolute Gasteiger partial charge is 0.397 e. The van der Waals surface area contributed by atoms with Crippen LogP contribution >= 0.6 is 0 Å². The van der Waals surface area contributed by atoms with E-state index < -0.39 is 10.4 Å². The van der Waals surface area contributed by atoms with Crippen LogP contribution in [-0.2, 0) is 14.6 Å². The Morgan fingerprint density at radius 1 is 0.600 bits per heavy atom. The molecule has 1 N–H and O–H groups in total. The second-order valence-electron chi connectivity index (χ2n) is 13.9. The third-order valence-electron chi connectivity index (χ3n) is 9.96. The average Bonchev–Trinajstić information content (AvgIpc) is 3.39. The van der Waals surface area contributed by atoms with Crippen molar-refractivity contribution in [2.24, 2.45) is 0 Å². The van der Waals surface area contributed by atoms with Crippen LogP contribution in [0.25, 0.3) is 0 Å². The Bertz CT molecular complexity index is 706. The van der Waals surface area contributed by atoms with E-state index in [1.54, 1.807) is 0 Å². The van der Waals surface area contributed by atoms with Gasteiger partial charge in [-0.3, -0.25) is 18.5 Å². The molecule has 1 saturated heterocycles.